The molecule has 0 aliphatic heterocycles. The topological polar surface area (TPSA) is 73.9 Å². The molecule has 0 spiro atoms. The number of rotatable bonds is 9. The fourth-order valence-corrected chi connectivity index (χ4v) is 2.57. The van der Waals surface area contributed by atoms with E-state index in [0.29, 0.717) is 18.0 Å². The van der Waals surface area contributed by atoms with E-state index in [1.54, 1.807) is 25.3 Å². The SMILES string of the molecule is COc1ccc(CC(=O)OCC(=O)NC[C@H](C)c2ccccc2)cc1OC. The van der Waals surface area contributed by atoms with Gasteiger partial charge in [-0.1, -0.05) is 43.3 Å². The fourth-order valence-electron chi connectivity index (χ4n) is 2.57. The number of carbonyl (C=O) groups excluding carboxylic acids is 2. The molecule has 0 saturated heterocycles. The van der Waals surface area contributed by atoms with Gasteiger partial charge >= 0.3 is 5.97 Å². The van der Waals surface area contributed by atoms with Gasteiger partial charge in [0.05, 0.1) is 20.6 Å². The standard InChI is InChI=1S/C21H25NO5/c1-15(17-7-5-4-6-8-17)13-22-20(23)14-27-21(24)12-16-9-10-18(25-2)19(11-16)26-3/h4-11,15H,12-14H2,1-3H3,(H,22,23)/t15-/m0/s1. The first kappa shape index (κ1) is 20.3. The van der Waals surface area contributed by atoms with E-state index < -0.39 is 5.97 Å². The van der Waals surface area contributed by atoms with Crippen molar-refractivity contribution in [2.45, 2.75) is 19.3 Å². The highest BCUT2D eigenvalue weighted by molar-refractivity contribution is 5.81. The Balaban J connectivity index is 1.75. The Morgan fingerprint density at radius 1 is 1.00 bits per heavy atom. The molecule has 0 aliphatic carbocycles. The number of hydrogen-bond acceptors (Lipinski definition) is 5. The highest BCUT2D eigenvalue weighted by atomic mass is 16.5. The molecule has 0 aromatic heterocycles. The van der Waals surface area contributed by atoms with Crippen molar-refractivity contribution in [3.63, 3.8) is 0 Å². The molecule has 1 N–H and O–H groups in total. The summed E-state index contributed by atoms with van der Waals surface area (Å²) in [6.45, 7) is 2.21. The van der Waals surface area contributed by atoms with Crippen LogP contribution < -0.4 is 14.8 Å². The Kier molecular flexibility index (Phi) is 7.67. The first-order chi connectivity index (χ1) is 13.0. The predicted octanol–water partition coefficient (Wildman–Crippen LogP) is 2.71. The van der Waals surface area contributed by atoms with Crippen molar-refractivity contribution in [1.82, 2.24) is 5.32 Å². The van der Waals surface area contributed by atoms with Crippen LogP contribution >= 0.6 is 0 Å². The maximum Gasteiger partial charge on any atom is 0.310 e. The van der Waals surface area contributed by atoms with Gasteiger partial charge in [0, 0.05) is 6.54 Å². The van der Waals surface area contributed by atoms with Crippen molar-refractivity contribution in [2.75, 3.05) is 27.4 Å². The van der Waals surface area contributed by atoms with Gasteiger partial charge in [-0.3, -0.25) is 9.59 Å². The molecule has 0 unspecified atom stereocenters. The van der Waals surface area contributed by atoms with E-state index in [1.165, 1.54) is 7.11 Å². The van der Waals surface area contributed by atoms with Crippen molar-refractivity contribution in [2.24, 2.45) is 0 Å². The summed E-state index contributed by atoms with van der Waals surface area (Å²) in [5.41, 5.74) is 1.86. The number of benzene rings is 2. The molecule has 1 atom stereocenters. The molecule has 144 valence electrons. The van der Waals surface area contributed by atoms with E-state index >= 15 is 0 Å². The predicted molar refractivity (Wildman–Crippen MR) is 102 cm³/mol. The van der Waals surface area contributed by atoms with Crippen molar-refractivity contribution in [3.8, 4) is 11.5 Å². The van der Waals surface area contributed by atoms with E-state index in [9.17, 15) is 9.59 Å². The summed E-state index contributed by atoms with van der Waals surface area (Å²) in [5.74, 6) is 0.501. The Bertz CT molecular complexity index is 760. The van der Waals surface area contributed by atoms with Crippen LogP contribution in [0.15, 0.2) is 48.5 Å². The largest absolute Gasteiger partial charge is 0.493 e. The van der Waals surface area contributed by atoms with Gasteiger partial charge in [0.2, 0.25) is 0 Å². The number of hydrogen-bond donors (Lipinski definition) is 1. The summed E-state index contributed by atoms with van der Waals surface area (Å²) in [4.78, 5) is 23.9. The van der Waals surface area contributed by atoms with Gasteiger partial charge in [0.25, 0.3) is 5.91 Å². The highest BCUT2D eigenvalue weighted by Crippen LogP contribution is 2.27. The quantitative estimate of drug-likeness (QED) is 0.686. The smallest absolute Gasteiger partial charge is 0.310 e. The Morgan fingerprint density at radius 3 is 2.37 bits per heavy atom. The highest BCUT2D eigenvalue weighted by Gasteiger charge is 2.12. The van der Waals surface area contributed by atoms with Crippen LogP contribution in [0.25, 0.3) is 0 Å². The van der Waals surface area contributed by atoms with Crippen LogP contribution in [-0.4, -0.2) is 39.2 Å². The summed E-state index contributed by atoms with van der Waals surface area (Å²) in [6, 6.07) is 15.1. The minimum absolute atomic E-state index is 0.0497. The minimum atomic E-state index is -0.478. The summed E-state index contributed by atoms with van der Waals surface area (Å²) in [6.07, 6.45) is 0.0497. The molecule has 6 heteroatoms. The van der Waals surface area contributed by atoms with E-state index in [0.717, 1.165) is 11.1 Å². The van der Waals surface area contributed by atoms with E-state index in [2.05, 4.69) is 5.32 Å². The van der Waals surface area contributed by atoms with Crippen molar-refractivity contribution >= 4 is 11.9 Å². The molecule has 0 aliphatic rings. The summed E-state index contributed by atoms with van der Waals surface area (Å²) < 4.78 is 15.4. The van der Waals surface area contributed by atoms with Crippen LogP contribution in [0.5, 0.6) is 11.5 Å². The third kappa shape index (κ3) is 6.33. The van der Waals surface area contributed by atoms with E-state index in [1.807, 2.05) is 37.3 Å². The molecule has 0 bridgehead atoms. The van der Waals surface area contributed by atoms with Crippen LogP contribution in [0, 0.1) is 0 Å². The Hall–Kier alpha value is -3.02. The maximum absolute atomic E-state index is 12.0. The summed E-state index contributed by atoms with van der Waals surface area (Å²) >= 11 is 0. The number of methoxy groups -OCH3 is 2. The minimum Gasteiger partial charge on any atom is -0.493 e. The molecule has 2 aromatic carbocycles. The molecule has 27 heavy (non-hydrogen) atoms. The second kappa shape index (κ2) is 10.2. The molecular formula is C21H25NO5. The molecule has 0 heterocycles. The number of esters is 1. The van der Waals surface area contributed by atoms with Gasteiger partial charge in [-0.15, -0.1) is 0 Å². The Labute approximate surface area is 159 Å². The van der Waals surface area contributed by atoms with Gasteiger partial charge in [-0.25, -0.2) is 0 Å². The molecule has 2 aromatic rings. The van der Waals surface area contributed by atoms with Crippen LogP contribution in [-0.2, 0) is 20.7 Å². The van der Waals surface area contributed by atoms with Gasteiger partial charge in [-0.2, -0.15) is 0 Å². The van der Waals surface area contributed by atoms with Crippen LogP contribution in [0.4, 0.5) is 0 Å². The van der Waals surface area contributed by atoms with Gasteiger partial charge in [-0.05, 0) is 29.2 Å². The zero-order valence-electron chi connectivity index (χ0n) is 15.9. The number of amides is 1. The summed E-state index contributed by atoms with van der Waals surface area (Å²) in [5, 5.41) is 2.78. The Morgan fingerprint density at radius 2 is 1.70 bits per heavy atom. The fraction of sp³-hybridized carbons (Fsp3) is 0.333. The molecule has 0 fully saturated rings. The molecule has 6 nitrogen and oxygen atoms in total. The monoisotopic (exact) mass is 371 g/mol. The number of carbonyl (C=O) groups is 2. The first-order valence-electron chi connectivity index (χ1n) is 8.71. The van der Waals surface area contributed by atoms with Gasteiger partial charge in [0.15, 0.2) is 18.1 Å². The summed E-state index contributed by atoms with van der Waals surface area (Å²) in [7, 11) is 3.07. The third-order valence-electron chi connectivity index (χ3n) is 4.13. The van der Waals surface area contributed by atoms with Crippen molar-refractivity contribution in [3.05, 3.63) is 59.7 Å². The molecule has 1 amide bonds. The second-order valence-corrected chi connectivity index (χ2v) is 6.14. The molecule has 0 saturated carbocycles. The lowest BCUT2D eigenvalue weighted by atomic mass is 10.0. The van der Waals surface area contributed by atoms with Crippen LogP contribution in [0.1, 0.15) is 24.0 Å². The lowest BCUT2D eigenvalue weighted by molar-refractivity contribution is -0.147. The van der Waals surface area contributed by atoms with Crippen LogP contribution in [0.2, 0.25) is 0 Å². The molecule has 2 rings (SSSR count). The van der Waals surface area contributed by atoms with Crippen LogP contribution in [0.3, 0.4) is 0 Å². The average Bonchev–Trinajstić information content (AvgIpc) is 2.70. The van der Waals surface area contributed by atoms with Gasteiger partial charge in [0.1, 0.15) is 0 Å². The lowest BCUT2D eigenvalue weighted by Gasteiger charge is -2.13. The molecular weight excluding hydrogens is 346 g/mol. The zero-order chi connectivity index (χ0) is 19.6. The van der Waals surface area contributed by atoms with Crippen molar-refractivity contribution < 1.29 is 23.8 Å². The van der Waals surface area contributed by atoms with Gasteiger partial charge < -0.3 is 19.5 Å². The van der Waals surface area contributed by atoms with E-state index in [-0.39, 0.29) is 24.9 Å². The first-order valence-corrected chi connectivity index (χ1v) is 8.71. The zero-order valence-corrected chi connectivity index (χ0v) is 15.9. The second-order valence-electron chi connectivity index (χ2n) is 6.14. The van der Waals surface area contributed by atoms with Crippen molar-refractivity contribution in [1.29, 1.82) is 0 Å². The number of nitrogens with one attached hydrogen (secondary N) is 1. The normalized spacial score (nSPS) is 11.4. The van der Waals surface area contributed by atoms with E-state index in [4.69, 9.17) is 14.2 Å². The maximum atomic E-state index is 12.0. The average molecular weight is 371 g/mol. The number of ether oxygens (including phenoxy) is 3. The third-order valence-corrected chi connectivity index (χ3v) is 4.13. The molecule has 0 radical (unpaired) electrons. The lowest BCUT2D eigenvalue weighted by Crippen LogP contribution is -2.31.